The van der Waals surface area contributed by atoms with Crippen LogP contribution in [0.3, 0.4) is 0 Å². The van der Waals surface area contributed by atoms with Crippen LogP contribution < -0.4 is 24.3 Å². The molecule has 7 heteroatoms. The maximum Gasteiger partial charge on any atom is 0.258 e. The number of carbonyl (C=O) groups excluding carboxylic acids is 2. The fraction of sp³-hybridized carbons (Fsp3) is 0.417. The number of rotatable bonds is 9. The first kappa shape index (κ1) is 22.5. The van der Waals surface area contributed by atoms with E-state index in [9.17, 15) is 9.59 Å². The lowest BCUT2D eigenvalue weighted by Gasteiger charge is -2.24. The van der Waals surface area contributed by atoms with Crippen molar-refractivity contribution in [1.29, 1.82) is 0 Å². The van der Waals surface area contributed by atoms with E-state index in [0.717, 1.165) is 24.0 Å². The van der Waals surface area contributed by atoms with E-state index in [2.05, 4.69) is 5.32 Å². The van der Waals surface area contributed by atoms with Gasteiger partial charge in [-0.25, -0.2) is 0 Å². The van der Waals surface area contributed by atoms with Gasteiger partial charge in [0.05, 0.1) is 25.9 Å². The second-order valence-corrected chi connectivity index (χ2v) is 7.59. The molecular weight excluding hydrogens is 398 g/mol. The summed E-state index contributed by atoms with van der Waals surface area (Å²) in [5, 5.41) is 3.04. The van der Waals surface area contributed by atoms with Crippen molar-refractivity contribution in [3.8, 4) is 23.0 Å². The van der Waals surface area contributed by atoms with Crippen molar-refractivity contribution in [2.24, 2.45) is 5.92 Å². The first-order valence-corrected chi connectivity index (χ1v) is 10.6. The molecule has 1 aliphatic rings. The molecule has 0 aliphatic carbocycles. The van der Waals surface area contributed by atoms with E-state index in [-0.39, 0.29) is 24.5 Å². The van der Waals surface area contributed by atoms with Gasteiger partial charge in [0.1, 0.15) is 6.29 Å². The van der Waals surface area contributed by atoms with E-state index in [1.807, 2.05) is 39.0 Å². The topological polar surface area (TPSA) is 83.1 Å². The fourth-order valence-corrected chi connectivity index (χ4v) is 3.35. The molecule has 2 aromatic carbocycles. The standard InChI is InChI=1S/C24H29NO6/c1-4-28-21-12-17(14-26)6-8-20(21)31-15-23(27)25-24(16(2)3)18-7-9-19-22(13-18)30-11-5-10-29-19/h6-9,12-14,16,24H,4-5,10-11,15H2,1-3H3,(H,25,27)/t24-/m1/s1. The van der Waals surface area contributed by atoms with Crippen LogP contribution in [0.1, 0.15) is 49.2 Å². The zero-order chi connectivity index (χ0) is 22.2. The van der Waals surface area contributed by atoms with Crippen molar-refractivity contribution in [1.82, 2.24) is 5.32 Å². The third-order valence-corrected chi connectivity index (χ3v) is 4.88. The molecule has 0 unspecified atom stereocenters. The number of aldehydes is 1. The van der Waals surface area contributed by atoms with Crippen LogP contribution in [-0.2, 0) is 4.79 Å². The second kappa shape index (κ2) is 10.7. The smallest absolute Gasteiger partial charge is 0.258 e. The summed E-state index contributed by atoms with van der Waals surface area (Å²) in [7, 11) is 0. The quantitative estimate of drug-likeness (QED) is 0.610. The van der Waals surface area contributed by atoms with Crippen molar-refractivity contribution in [3.63, 3.8) is 0 Å². The third kappa shape index (κ3) is 5.90. The number of hydrogen-bond donors (Lipinski definition) is 1. The number of amides is 1. The summed E-state index contributed by atoms with van der Waals surface area (Å²) in [5.41, 5.74) is 1.42. The van der Waals surface area contributed by atoms with Crippen LogP contribution in [0.5, 0.6) is 23.0 Å². The zero-order valence-electron chi connectivity index (χ0n) is 18.2. The molecule has 0 fully saturated rings. The second-order valence-electron chi connectivity index (χ2n) is 7.59. The van der Waals surface area contributed by atoms with Gasteiger partial charge in [0.2, 0.25) is 0 Å². The van der Waals surface area contributed by atoms with Crippen LogP contribution in [0.15, 0.2) is 36.4 Å². The highest BCUT2D eigenvalue weighted by Crippen LogP contribution is 2.34. The molecule has 3 rings (SSSR count). The Hall–Kier alpha value is -3.22. The maximum absolute atomic E-state index is 12.7. The molecule has 166 valence electrons. The monoisotopic (exact) mass is 427 g/mol. The van der Waals surface area contributed by atoms with Gasteiger partial charge in [-0.05, 0) is 48.7 Å². The SMILES string of the molecule is CCOc1cc(C=O)ccc1OCC(=O)N[C@@H](c1ccc2c(c1)OCCCO2)C(C)C. The number of hydrogen-bond acceptors (Lipinski definition) is 6. The summed E-state index contributed by atoms with van der Waals surface area (Å²) < 4.78 is 22.7. The lowest BCUT2D eigenvalue weighted by molar-refractivity contribution is -0.124. The number of benzene rings is 2. The highest BCUT2D eigenvalue weighted by Gasteiger charge is 2.21. The molecule has 2 aromatic rings. The largest absolute Gasteiger partial charge is 0.490 e. The summed E-state index contributed by atoms with van der Waals surface area (Å²) in [6.07, 6.45) is 1.57. The van der Waals surface area contributed by atoms with E-state index in [1.165, 1.54) is 0 Å². The van der Waals surface area contributed by atoms with Gasteiger partial charge in [0.15, 0.2) is 29.6 Å². The Morgan fingerprint density at radius 1 is 1.06 bits per heavy atom. The first-order chi connectivity index (χ1) is 15.0. The number of ether oxygens (including phenoxy) is 4. The normalized spacial score (nSPS) is 13.8. The maximum atomic E-state index is 12.7. The Morgan fingerprint density at radius 2 is 1.84 bits per heavy atom. The Morgan fingerprint density at radius 3 is 2.55 bits per heavy atom. The molecular formula is C24H29NO6. The Balaban J connectivity index is 1.68. The van der Waals surface area contributed by atoms with Crippen LogP contribution in [0.4, 0.5) is 0 Å². The number of fused-ring (bicyclic) bond motifs is 1. The zero-order valence-corrected chi connectivity index (χ0v) is 18.2. The lowest BCUT2D eigenvalue weighted by Crippen LogP contribution is -2.35. The van der Waals surface area contributed by atoms with Crippen LogP contribution >= 0.6 is 0 Å². The van der Waals surface area contributed by atoms with Gasteiger partial charge < -0.3 is 24.3 Å². The molecule has 31 heavy (non-hydrogen) atoms. The van der Waals surface area contributed by atoms with E-state index >= 15 is 0 Å². The fourth-order valence-electron chi connectivity index (χ4n) is 3.35. The van der Waals surface area contributed by atoms with E-state index in [1.54, 1.807) is 18.2 Å². The summed E-state index contributed by atoms with van der Waals surface area (Å²) >= 11 is 0. The molecule has 0 bridgehead atoms. The molecule has 1 heterocycles. The van der Waals surface area contributed by atoms with Crippen molar-refractivity contribution in [3.05, 3.63) is 47.5 Å². The molecule has 0 aromatic heterocycles. The average molecular weight is 427 g/mol. The summed E-state index contributed by atoms with van der Waals surface area (Å²) in [4.78, 5) is 23.6. The molecule has 0 spiro atoms. The molecule has 0 radical (unpaired) electrons. The van der Waals surface area contributed by atoms with Crippen LogP contribution in [-0.4, -0.2) is 38.6 Å². The van der Waals surface area contributed by atoms with E-state index in [0.29, 0.717) is 42.6 Å². The predicted octanol–water partition coefficient (Wildman–Crippen LogP) is 3.95. The Kier molecular flexibility index (Phi) is 7.76. The molecule has 0 saturated carbocycles. The molecule has 1 amide bonds. The Bertz CT molecular complexity index is 911. The minimum absolute atomic E-state index is 0.152. The van der Waals surface area contributed by atoms with Gasteiger partial charge in [-0.3, -0.25) is 9.59 Å². The first-order valence-electron chi connectivity index (χ1n) is 10.6. The molecule has 1 aliphatic heterocycles. The van der Waals surface area contributed by atoms with Crippen LogP contribution in [0.25, 0.3) is 0 Å². The van der Waals surface area contributed by atoms with Gasteiger partial charge >= 0.3 is 0 Å². The highest BCUT2D eigenvalue weighted by molar-refractivity contribution is 5.79. The van der Waals surface area contributed by atoms with Gasteiger partial charge in [0.25, 0.3) is 5.91 Å². The van der Waals surface area contributed by atoms with Crippen molar-refractivity contribution in [2.75, 3.05) is 26.4 Å². The van der Waals surface area contributed by atoms with E-state index < -0.39 is 0 Å². The van der Waals surface area contributed by atoms with Crippen LogP contribution in [0, 0.1) is 5.92 Å². The molecule has 0 saturated heterocycles. The van der Waals surface area contributed by atoms with Gasteiger partial charge in [-0.15, -0.1) is 0 Å². The lowest BCUT2D eigenvalue weighted by atomic mass is 9.95. The van der Waals surface area contributed by atoms with Crippen molar-refractivity contribution < 1.29 is 28.5 Å². The summed E-state index contributed by atoms with van der Waals surface area (Å²) in [6.45, 7) is 7.41. The summed E-state index contributed by atoms with van der Waals surface area (Å²) in [5.74, 6) is 2.16. The Labute approximate surface area is 182 Å². The van der Waals surface area contributed by atoms with Gasteiger partial charge in [-0.1, -0.05) is 19.9 Å². The van der Waals surface area contributed by atoms with Crippen molar-refractivity contribution in [2.45, 2.75) is 33.2 Å². The number of carbonyl (C=O) groups is 2. The molecule has 7 nitrogen and oxygen atoms in total. The molecule has 1 atom stereocenters. The predicted molar refractivity (Wildman–Crippen MR) is 116 cm³/mol. The minimum Gasteiger partial charge on any atom is -0.490 e. The highest BCUT2D eigenvalue weighted by atomic mass is 16.5. The number of nitrogens with one attached hydrogen (secondary N) is 1. The molecule has 1 N–H and O–H groups in total. The minimum atomic E-state index is -0.257. The van der Waals surface area contributed by atoms with Crippen LogP contribution in [0.2, 0.25) is 0 Å². The summed E-state index contributed by atoms with van der Waals surface area (Å²) in [6, 6.07) is 10.4. The van der Waals surface area contributed by atoms with Gasteiger partial charge in [0, 0.05) is 12.0 Å². The van der Waals surface area contributed by atoms with Crippen molar-refractivity contribution >= 4 is 12.2 Å². The third-order valence-electron chi connectivity index (χ3n) is 4.88. The van der Waals surface area contributed by atoms with Gasteiger partial charge in [-0.2, -0.15) is 0 Å². The van der Waals surface area contributed by atoms with E-state index in [4.69, 9.17) is 18.9 Å². The average Bonchev–Trinajstić information content (AvgIpc) is 3.01.